The van der Waals surface area contributed by atoms with Gasteiger partial charge >= 0.3 is 0 Å². The lowest BCUT2D eigenvalue weighted by Crippen LogP contribution is -2.28. The van der Waals surface area contributed by atoms with Crippen molar-refractivity contribution in [3.63, 3.8) is 0 Å². The molecule has 2 aromatic carbocycles. The fraction of sp³-hybridized carbons (Fsp3) is 0.458. The molecule has 0 aliphatic rings. The Bertz CT molecular complexity index is 786. The van der Waals surface area contributed by atoms with Crippen molar-refractivity contribution in [1.82, 2.24) is 5.32 Å². The lowest BCUT2D eigenvalue weighted by Gasteiger charge is -2.15. The predicted octanol–water partition coefficient (Wildman–Crippen LogP) is 4.94. The minimum absolute atomic E-state index is 0.0166. The van der Waals surface area contributed by atoms with Crippen LogP contribution in [-0.2, 0) is 11.3 Å². The Kier molecular flexibility index (Phi) is 8.84. The van der Waals surface area contributed by atoms with Crippen LogP contribution in [-0.4, -0.2) is 26.2 Å². The second-order valence-electron chi connectivity index (χ2n) is 7.77. The van der Waals surface area contributed by atoms with Gasteiger partial charge < -0.3 is 19.5 Å². The van der Waals surface area contributed by atoms with E-state index in [2.05, 4.69) is 33.0 Å². The standard InChI is InChI=1S/C24H33NO4/c1-17(2)12-13-28-22-11-10-19(14-23(22)27-5)15-25-24(26)16-29-21-9-7-6-8-20(21)18(3)4/h6-11,14,17-18H,12-13,15-16H2,1-5H3,(H,25,26). The fourth-order valence-corrected chi connectivity index (χ4v) is 2.83. The Morgan fingerprint density at radius 1 is 0.966 bits per heavy atom. The van der Waals surface area contributed by atoms with Gasteiger partial charge in [-0.25, -0.2) is 0 Å². The summed E-state index contributed by atoms with van der Waals surface area (Å²) in [6.45, 7) is 9.57. The molecule has 0 aromatic heterocycles. The average molecular weight is 400 g/mol. The Hall–Kier alpha value is -2.69. The van der Waals surface area contributed by atoms with Crippen LogP contribution in [0.15, 0.2) is 42.5 Å². The minimum Gasteiger partial charge on any atom is -0.493 e. The monoisotopic (exact) mass is 399 g/mol. The van der Waals surface area contributed by atoms with Gasteiger partial charge in [0.25, 0.3) is 5.91 Å². The summed E-state index contributed by atoms with van der Waals surface area (Å²) in [5, 5.41) is 2.89. The number of ether oxygens (including phenoxy) is 3. The number of amides is 1. The molecule has 0 spiro atoms. The van der Waals surface area contributed by atoms with E-state index in [1.807, 2.05) is 42.5 Å². The van der Waals surface area contributed by atoms with Crippen molar-refractivity contribution < 1.29 is 19.0 Å². The summed E-state index contributed by atoms with van der Waals surface area (Å²) in [4.78, 5) is 12.2. The molecule has 0 aliphatic carbocycles. The zero-order valence-corrected chi connectivity index (χ0v) is 18.2. The van der Waals surface area contributed by atoms with E-state index in [-0.39, 0.29) is 12.5 Å². The summed E-state index contributed by atoms with van der Waals surface area (Å²) in [5.41, 5.74) is 2.03. The first-order chi connectivity index (χ1) is 13.9. The van der Waals surface area contributed by atoms with E-state index in [1.165, 1.54) is 0 Å². The number of para-hydroxylation sites is 1. The number of hydrogen-bond donors (Lipinski definition) is 1. The van der Waals surface area contributed by atoms with Gasteiger partial charge in [0, 0.05) is 6.54 Å². The summed E-state index contributed by atoms with van der Waals surface area (Å²) >= 11 is 0. The van der Waals surface area contributed by atoms with E-state index < -0.39 is 0 Å². The average Bonchev–Trinajstić information content (AvgIpc) is 2.71. The zero-order chi connectivity index (χ0) is 21.2. The highest BCUT2D eigenvalue weighted by molar-refractivity contribution is 5.77. The first-order valence-corrected chi connectivity index (χ1v) is 10.2. The molecule has 0 bridgehead atoms. The molecule has 0 heterocycles. The molecule has 2 rings (SSSR count). The minimum atomic E-state index is -0.167. The number of carbonyl (C=O) groups is 1. The molecule has 0 fully saturated rings. The quantitative estimate of drug-likeness (QED) is 0.581. The fourth-order valence-electron chi connectivity index (χ4n) is 2.83. The van der Waals surface area contributed by atoms with Gasteiger partial charge in [-0.15, -0.1) is 0 Å². The maximum atomic E-state index is 12.2. The van der Waals surface area contributed by atoms with E-state index in [9.17, 15) is 4.79 Å². The van der Waals surface area contributed by atoms with Crippen LogP contribution >= 0.6 is 0 Å². The molecule has 0 aliphatic heterocycles. The number of rotatable bonds is 11. The van der Waals surface area contributed by atoms with Gasteiger partial charge in [-0.3, -0.25) is 4.79 Å². The molecule has 1 N–H and O–H groups in total. The first kappa shape index (κ1) is 22.6. The molecule has 5 nitrogen and oxygen atoms in total. The summed E-state index contributed by atoms with van der Waals surface area (Å²) < 4.78 is 17.0. The van der Waals surface area contributed by atoms with Crippen molar-refractivity contribution in [2.24, 2.45) is 5.92 Å². The van der Waals surface area contributed by atoms with Gasteiger partial charge in [0.2, 0.25) is 0 Å². The molecule has 0 saturated heterocycles. The maximum Gasteiger partial charge on any atom is 0.258 e. The Labute approximate surface area is 174 Å². The number of carbonyl (C=O) groups excluding carboxylic acids is 1. The van der Waals surface area contributed by atoms with Crippen LogP contribution < -0.4 is 19.5 Å². The molecule has 0 radical (unpaired) electrons. The third-order valence-electron chi connectivity index (χ3n) is 4.57. The van der Waals surface area contributed by atoms with Gasteiger partial charge in [0.15, 0.2) is 18.1 Å². The molecule has 1 amide bonds. The van der Waals surface area contributed by atoms with Gasteiger partial charge in [-0.05, 0) is 47.6 Å². The molecule has 158 valence electrons. The van der Waals surface area contributed by atoms with E-state index in [1.54, 1.807) is 7.11 Å². The van der Waals surface area contributed by atoms with Crippen molar-refractivity contribution in [2.75, 3.05) is 20.3 Å². The van der Waals surface area contributed by atoms with Crippen LogP contribution in [0.4, 0.5) is 0 Å². The van der Waals surface area contributed by atoms with E-state index >= 15 is 0 Å². The summed E-state index contributed by atoms with van der Waals surface area (Å²) in [6, 6.07) is 13.5. The highest BCUT2D eigenvalue weighted by atomic mass is 16.5. The van der Waals surface area contributed by atoms with Gasteiger partial charge in [0.1, 0.15) is 5.75 Å². The van der Waals surface area contributed by atoms with E-state index in [0.29, 0.717) is 30.7 Å². The Balaban J connectivity index is 1.86. The normalized spacial score (nSPS) is 10.9. The van der Waals surface area contributed by atoms with E-state index in [0.717, 1.165) is 29.0 Å². The third-order valence-corrected chi connectivity index (χ3v) is 4.57. The Morgan fingerprint density at radius 3 is 2.41 bits per heavy atom. The van der Waals surface area contributed by atoms with Crippen LogP contribution in [0.5, 0.6) is 17.2 Å². The van der Waals surface area contributed by atoms with Crippen molar-refractivity contribution in [2.45, 2.75) is 46.6 Å². The van der Waals surface area contributed by atoms with Crippen LogP contribution in [0, 0.1) is 5.92 Å². The summed E-state index contributed by atoms with van der Waals surface area (Å²) in [5.74, 6) is 2.90. The molecule has 0 saturated carbocycles. The smallest absolute Gasteiger partial charge is 0.258 e. The number of benzene rings is 2. The molecular formula is C24H33NO4. The van der Waals surface area contributed by atoms with Crippen molar-refractivity contribution in [1.29, 1.82) is 0 Å². The van der Waals surface area contributed by atoms with Crippen LogP contribution in [0.2, 0.25) is 0 Å². The van der Waals surface area contributed by atoms with Crippen LogP contribution in [0.1, 0.15) is 51.2 Å². The molecule has 0 atom stereocenters. The number of methoxy groups -OCH3 is 1. The maximum absolute atomic E-state index is 12.2. The zero-order valence-electron chi connectivity index (χ0n) is 18.2. The molecule has 0 unspecified atom stereocenters. The third kappa shape index (κ3) is 7.33. The van der Waals surface area contributed by atoms with Crippen LogP contribution in [0.25, 0.3) is 0 Å². The largest absolute Gasteiger partial charge is 0.493 e. The topological polar surface area (TPSA) is 56.8 Å². The first-order valence-electron chi connectivity index (χ1n) is 10.2. The van der Waals surface area contributed by atoms with Gasteiger partial charge in [-0.1, -0.05) is 52.0 Å². The molecule has 5 heteroatoms. The highest BCUT2D eigenvalue weighted by Crippen LogP contribution is 2.28. The molecular weight excluding hydrogens is 366 g/mol. The highest BCUT2D eigenvalue weighted by Gasteiger charge is 2.10. The second kappa shape index (κ2) is 11.3. The van der Waals surface area contributed by atoms with Gasteiger partial charge in [-0.2, -0.15) is 0 Å². The number of hydrogen-bond acceptors (Lipinski definition) is 4. The molecule has 29 heavy (non-hydrogen) atoms. The predicted molar refractivity (Wildman–Crippen MR) is 116 cm³/mol. The summed E-state index contributed by atoms with van der Waals surface area (Å²) in [7, 11) is 1.62. The van der Waals surface area contributed by atoms with Gasteiger partial charge in [0.05, 0.1) is 13.7 Å². The summed E-state index contributed by atoms with van der Waals surface area (Å²) in [6.07, 6.45) is 0.987. The SMILES string of the molecule is COc1cc(CNC(=O)COc2ccccc2C(C)C)ccc1OCCC(C)C. The lowest BCUT2D eigenvalue weighted by molar-refractivity contribution is -0.123. The Morgan fingerprint density at radius 2 is 1.72 bits per heavy atom. The van der Waals surface area contributed by atoms with Crippen molar-refractivity contribution >= 4 is 5.91 Å². The molecule has 2 aromatic rings. The number of nitrogens with one attached hydrogen (secondary N) is 1. The lowest BCUT2D eigenvalue weighted by atomic mass is 10.0. The van der Waals surface area contributed by atoms with E-state index in [4.69, 9.17) is 14.2 Å². The van der Waals surface area contributed by atoms with Crippen LogP contribution in [0.3, 0.4) is 0 Å². The second-order valence-corrected chi connectivity index (χ2v) is 7.77. The van der Waals surface area contributed by atoms with Crippen molar-refractivity contribution in [3.8, 4) is 17.2 Å². The van der Waals surface area contributed by atoms with Crippen molar-refractivity contribution in [3.05, 3.63) is 53.6 Å².